The van der Waals surface area contributed by atoms with Gasteiger partial charge in [0.2, 0.25) is 5.91 Å². The van der Waals surface area contributed by atoms with Gasteiger partial charge in [0.25, 0.3) is 5.91 Å². The first-order valence-electron chi connectivity index (χ1n) is 7.65. The van der Waals surface area contributed by atoms with E-state index in [9.17, 15) is 14.4 Å². The maximum atomic E-state index is 12.4. The minimum absolute atomic E-state index is 0.257. The molecule has 6 nitrogen and oxygen atoms in total. The maximum Gasteiger partial charge on any atom is 0.325 e. The minimum atomic E-state index is -0.773. The monoisotopic (exact) mass is 335 g/mol. The standard InChI is InChI=1S/C16H18ClN3O3/c17-12-5-3-4-11(8-12)9-18-13(21)10-20-14(22)16(19-15(20)23)6-1-2-7-16/h3-5,8H,1-2,6-7,9-10H2,(H,18,21)(H,19,23). The van der Waals surface area contributed by atoms with Crippen molar-refractivity contribution in [2.24, 2.45) is 0 Å². The third kappa shape index (κ3) is 3.17. The van der Waals surface area contributed by atoms with Gasteiger partial charge in [-0.25, -0.2) is 4.79 Å². The lowest BCUT2D eigenvalue weighted by molar-refractivity contribution is -0.134. The molecule has 122 valence electrons. The van der Waals surface area contributed by atoms with Crippen LogP contribution in [-0.4, -0.2) is 34.8 Å². The molecule has 0 atom stereocenters. The first-order chi connectivity index (χ1) is 11.0. The van der Waals surface area contributed by atoms with E-state index in [1.54, 1.807) is 18.2 Å². The SMILES string of the molecule is O=C(CN1C(=O)NC2(CCCC2)C1=O)NCc1cccc(Cl)c1. The minimum Gasteiger partial charge on any atom is -0.350 e. The number of urea groups is 1. The van der Waals surface area contributed by atoms with E-state index in [1.165, 1.54) is 0 Å². The highest BCUT2D eigenvalue weighted by atomic mass is 35.5. The van der Waals surface area contributed by atoms with E-state index in [-0.39, 0.29) is 18.4 Å². The van der Waals surface area contributed by atoms with Crippen molar-refractivity contribution in [3.05, 3.63) is 34.9 Å². The molecule has 1 aromatic carbocycles. The molecule has 0 radical (unpaired) electrons. The molecule has 1 heterocycles. The van der Waals surface area contributed by atoms with Gasteiger partial charge in [0.05, 0.1) is 0 Å². The fraction of sp³-hybridized carbons (Fsp3) is 0.438. The van der Waals surface area contributed by atoms with E-state index < -0.39 is 11.6 Å². The number of hydrogen-bond donors (Lipinski definition) is 2. The molecule has 0 aromatic heterocycles. The Morgan fingerprint density at radius 1 is 1.30 bits per heavy atom. The van der Waals surface area contributed by atoms with Crippen LogP contribution in [0.5, 0.6) is 0 Å². The summed E-state index contributed by atoms with van der Waals surface area (Å²) in [5.74, 6) is -0.651. The van der Waals surface area contributed by atoms with E-state index in [1.807, 2.05) is 6.07 Å². The Hall–Kier alpha value is -2.08. The molecule has 1 spiro atoms. The molecule has 1 aliphatic carbocycles. The lowest BCUT2D eigenvalue weighted by Gasteiger charge is -2.19. The number of carbonyl (C=O) groups excluding carboxylic acids is 3. The lowest BCUT2D eigenvalue weighted by atomic mass is 9.98. The van der Waals surface area contributed by atoms with Gasteiger partial charge in [0.15, 0.2) is 0 Å². The van der Waals surface area contributed by atoms with Crippen LogP contribution in [0.25, 0.3) is 0 Å². The summed E-state index contributed by atoms with van der Waals surface area (Å²) in [5.41, 5.74) is 0.0833. The summed E-state index contributed by atoms with van der Waals surface area (Å²) >= 11 is 5.89. The Labute approximate surface area is 139 Å². The molecule has 7 heteroatoms. The molecule has 2 N–H and O–H groups in total. The summed E-state index contributed by atoms with van der Waals surface area (Å²) < 4.78 is 0. The van der Waals surface area contributed by atoms with Crippen LogP contribution in [0.2, 0.25) is 5.02 Å². The molecule has 2 aliphatic rings. The Morgan fingerprint density at radius 2 is 2.04 bits per heavy atom. The lowest BCUT2D eigenvalue weighted by Crippen LogP contribution is -2.45. The van der Waals surface area contributed by atoms with E-state index in [4.69, 9.17) is 11.6 Å². The van der Waals surface area contributed by atoms with Gasteiger partial charge < -0.3 is 10.6 Å². The number of amides is 4. The molecule has 0 bridgehead atoms. The number of carbonyl (C=O) groups is 3. The van der Waals surface area contributed by atoms with Crippen LogP contribution in [0.4, 0.5) is 4.79 Å². The Balaban J connectivity index is 1.57. The first-order valence-corrected chi connectivity index (χ1v) is 8.03. The average molecular weight is 336 g/mol. The van der Waals surface area contributed by atoms with Gasteiger partial charge in [-0.15, -0.1) is 0 Å². The van der Waals surface area contributed by atoms with Crippen LogP contribution in [-0.2, 0) is 16.1 Å². The highest BCUT2D eigenvalue weighted by Crippen LogP contribution is 2.34. The van der Waals surface area contributed by atoms with E-state index in [2.05, 4.69) is 10.6 Å². The maximum absolute atomic E-state index is 12.4. The molecular weight excluding hydrogens is 318 g/mol. The first kappa shape index (κ1) is 15.8. The van der Waals surface area contributed by atoms with Crippen LogP contribution in [0.3, 0.4) is 0 Å². The van der Waals surface area contributed by atoms with Gasteiger partial charge >= 0.3 is 6.03 Å². The molecular formula is C16H18ClN3O3. The van der Waals surface area contributed by atoms with Crippen LogP contribution >= 0.6 is 11.6 Å². The second-order valence-electron chi connectivity index (χ2n) is 6.02. The van der Waals surface area contributed by atoms with Gasteiger partial charge in [0, 0.05) is 11.6 Å². The smallest absolute Gasteiger partial charge is 0.325 e. The molecule has 2 fully saturated rings. The Morgan fingerprint density at radius 3 is 2.74 bits per heavy atom. The zero-order valence-electron chi connectivity index (χ0n) is 12.6. The predicted molar refractivity (Wildman–Crippen MR) is 84.7 cm³/mol. The van der Waals surface area contributed by atoms with Crippen molar-refractivity contribution in [2.45, 2.75) is 37.8 Å². The fourth-order valence-electron chi connectivity index (χ4n) is 3.18. The van der Waals surface area contributed by atoms with E-state index in [0.717, 1.165) is 23.3 Å². The van der Waals surface area contributed by atoms with Crippen molar-refractivity contribution in [1.29, 1.82) is 0 Å². The van der Waals surface area contributed by atoms with Crippen LogP contribution in [0.15, 0.2) is 24.3 Å². The third-order valence-corrected chi connectivity index (χ3v) is 4.62. The number of rotatable bonds is 4. The van der Waals surface area contributed by atoms with Crippen molar-refractivity contribution in [3.63, 3.8) is 0 Å². The summed E-state index contributed by atoms with van der Waals surface area (Å²) in [5, 5.41) is 6.05. The van der Waals surface area contributed by atoms with Gasteiger partial charge in [0.1, 0.15) is 12.1 Å². The molecule has 1 saturated carbocycles. The number of imide groups is 1. The van der Waals surface area contributed by atoms with Crippen LogP contribution in [0, 0.1) is 0 Å². The molecule has 1 aromatic rings. The summed E-state index contributed by atoms with van der Waals surface area (Å²) in [6.07, 6.45) is 3.14. The molecule has 23 heavy (non-hydrogen) atoms. The van der Waals surface area contributed by atoms with Crippen LogP contribution < -0.4 is 10.6 Å². The normalized spacial score (nSPS) is 19.3. The number of benzene rings is 1. The van der Waals surface area contributed by atoms with Crippen molar-refractivity contribution in [3.8, 4) is 0 Å². The van der Waals surface area contributed by atoms with Gasteiger partial charge in [-0.05, 0) is 30.5 Å². The van der Waals surface area contributed by atoms with Crippen molar-refractivity contribution >= 4 is 29.4 Å². The predicted octanol–water partition coefficient (Wildman–Crippen LogP) is 1.82. The summed E-state index contributed by atoms with van der Waals surface area (Å²) in [6, 6.07) is 6.66. The number of halogens is 1. The molecule has 0 unspecified atom stereocenters. The molecule has 1 aliphatic heterocycles. The Kier molecular flexibility index (Phi) is 4.26. The number of hydrogen-bond acceptors (Lipinski definition) is 3. The zero-order valence-corrected chi connectivity index (χ0v) is 13.4. The quantitative estimate of drug-likeness (QED) is 0.824. The van der Waals surface area contributed by atoms with Gasteiger partial charge in [-0.3, -0.25) is 14.5 Å². The van der Waals surface area contributed by atoms with Gasteiger partial charge in [-0.2, -0.15) is 0 Å². The Bertz CT molecular complexity index is 656. The van der Waals surface area contributed by atoms with Gasteiger partial charge in [-0.1, -0.05) is 36.6 Å². The largest absolute Gasteiger partial charge is 0.350 e. The van der Waals surface area contributed by atoms with Crippen molar-refractivity contribution < 1.29 is 14.4 Å². The van der Waals surface area contributed by atoms with E-state index in [0.29, 0.717) is 24.4 Å². The summed E-state index contributed by atoms with van der Waals surface area (Å²) in [4.78, 5) is 37.5. The van der Waals surface area contributed by atoms with Crippen molar-refractivity contribution in [1.82, 2.24) is 15.5 Å². The molecule has 4 amide bonds. The van der Waals surface area contributed by atoms with E-state index >= 15 is 0 Å². The van der Waals surface area contributed by atoms with Crippen molar-refractivity contribution in [2.75, 3.05) is 6.54 Å². The fourth-order valence-corrected chi connectivity index (χ4v) is 3.40. The van der Waals surface area contributed by atoms with Crippen LogP contribution in [0.1, 0.15) is 31.2 Å². The molecule has 3 rings (SSSR count). The summed E-state index contributed by atoms with van der Waals surface area (Å²) in [6.45, 7) is 0.0428. The second-order valence-corrected chi connectivity index (χ2v) is 6.45. The average Bonchev–Trinajstić information content (AvgIpc) is 3.07. The third-order valence-electron chi connectivity index (χ3n) is 4.38. The zero-order chi connectivity index (χ0) is 16.4. The second kappa shape index (κ2) is 6.20. The molecule has 1 saturated heterocycles. The highest BCUT2D eigenvalue weighted by Gasteiger charge is 2.52. The topological polar surface area (TPSA) is 78.5 Å². The number of nitrogens with zero attached hydrogens (tertiary/aromatic N) is 1. The summed E-state index contributed by atoms with van der Waals surface area (Å²) in [7, 11) is 0. The highest BCUT2D eigenvalue weighted by molar-refractivity contribution is 6.30. The number of nitrogens with one attached hydrogen (secondary N) is 2.